The van der Waals surface area contributed by atoms with Crippen LogP contribution in [0.3, 0.4) is 0 Å². The van der Waals surface area contributed by atoms with Crippen molar-refractivity contribution in [1.29, 1.82) is 0 Å². The normalized spacial score (nSPS) is 10.4. The summed E-state index contributed by atoms with van der Waals surface area (Å²) in [5, 5.41) is 6.01. The molecule has 0 aliphatic carbocycles. The smallest absolute Gasteiger partial charge is 0.251 e. The number of carbonyl (C=O) groups is 1. The number of benzene rings is 2. The number of pyridine rings is 1. The van der Waals surface area contributed by atoms with Crippen molar-refractivity contribution in [3.05, 3.63) is 83.8 Å². The average Bonchev–Trinajstić information content (AvgIpc) is 2.70. The van der Waals surface area contributed by atoms with Gasteiger partial charge in [0.1, 0.15) is 11.6 Å². The summed E-state index contributed by atoms with van der Waals surface area (Å²) < 4.78 is 13.6. The number of nitrogens with zero attached hydrogens (tertiary/aromatic N) is 2. The maximum absolute atomic E-state index is 13.6. The summed E-state index contributed by atoms with van der Waals surface area (Å²) in [5.41, 5.74) is 3.06. The third-order valence-electron chi connectivity index (χ3n) is 4.32. The number of nitrogens with one attached hydrogen (secondary N) is 2. The van der Waals surface area contributed by atoms with E-state index >= 15 is 0 Å². The third kappa shape index (κ3) is 5.07. The van der Waals surface area contributed by atoms with Gasteiger partial charge < -0.3 is 15.5 Å². The van der Waals surface area contributed by atoms with Gasteiger partial charge in [-0.25, -0.2) is 9.37 Å². The van der Waals surface area contributed by atoms with E-state index in [4.69, 9.17) is 0 Å². The highest BCUT2D eigenvalue weighted by Gasteiger charge is 2.08. The molecular formula is C22H23FN4O. The standard InChI is InChI=1S/C22H23FN4O/c1-27(2)19-9-7-18(8-10-19)26-21-15-17(12-13-24-21)22(28)25-14-11-16-5-3-4-6-20(16)23/h3-10,12-13,15H,11,14H2,1-2H3,(H,24,26)(H,25,28). The number of carbonyl (C=O) groups excluding carboxylic acids is 1. The monoisotopic (exact) mass is 378 g/mol. The van der Waals surface area contributed by atoms with E-state index in [1.54, 1.807) is 36.5 Å². The molecule has 0 saturated carbocycles. The Morgan fingerprint density at radius 1 is 1.07 bits per heavy atom. The van der Waals surface area contributed by atoms with Crippen molar-refractivity contribution in [1.82, 2.24) is 10.3 Å². The molecule has 1 aromatic heterocycles. The second kappa shape index (κ2) is 8.99. The Hall–Kier alpha value is -3.41. The van der Waals surface area contributed by atoms with Crippen LogP contribution in [-0.4, -0.2) is 31.5 Å². The number of halogens is 1. The van der Waals surface area contributed by atoms with Crippen LogP contribution >= 0.6 is 0 Å². The lowest BCUT2D eigenvalue weighted by Gasteiger charge is -2.13. The Labute approximate surface area is 164 Å². The van der Waals surface area contributed by atoms with Crippen molar-refractivity contribution >= 4 is 23.1 Å². The van der Waals surface area contributed by atoms with Gasteiger partial charge in [-0.2, -0.15) is 0 Å². The van der Waals surface area contributed by atoms with Crippen LogP contribution in [0.25, 0.3) is 0 Å². The van der Waals surface area contributed by atoms with Crippen molar-refractivity contribution < 1.29 is 9.18 Å². The quantitative estimate of drug-likeness (QED) is 0.652. The van der Waals surface area contributed by atoms with Gasteiger partial charge in [-0.15, -0.1) is 0 Å². The number of amides is 1. The van der Waals surface area contributed by atoms with Crippen molar-refractivity contribution in [2.24, 2.45) is 0 Å². The zero-order valence-corrected chi connectivity index (χ0v) is 15.9. The molecule has 1 heterocycles. The number of rotatable bonds is 7. The van der Waals surface area contributed by atoms with Gasteiger partial charge in [0.2, 0.25) is 0 Å². The molecule has 6 heteroatoms. The zero-order chi connectivity index (χ0) is 19.9. The van der Waals surface area contributed by atoms with E-state index in [9.17, 15) is 9.18 Å². The molecule has 0 unspecified atom stereocenters. The Morgan fingerprint density at radius 2 is 1.82 bits per heavy atom. The first-order valence-corrected chi connectivity index (χ1v) is 9.05. The van der Waals surface area contributed by atoms with E-state index in [-0.39, 0.29) is 11.7 Å². The Morgan fingerprint density at radius 3 is 2.54 bits per heavy atom. The van der Waals surface area contributed by atoms with Gasteiger partial charge >= 0.3 is 0 Å². The van der Waals surface area contributed by atoms with Crippen LogP contribution in [0.15, 0.2) is 66.9 Å². The lowest BCUT2D eigenvalue weighted by molar-refractivity contribution is 0.0954. The van der Waals surface area contributed by atoms with Gasteiger partial charge in [0, 0.05) is 43.8 Å². The minimum Gasteiger partial charge on any atom is -0.378 e. The molecule has 0 bridgehead atoms. The van der Waals surface area contributed by atoms with Gasteiger partial charge in [0.25, 0.3) is 5.91 Å². The summed E-state index contributed by atoms with van der Waals surface area (Å²) in [6, 6.07) is 17.8. The number of hydrogen-bond donors (Lipinski definition) is 2. The summed E-state index contributed by atoms with van der Waals surface area (Å²) in [4.78, 5) is 18.7. The fourth-order valence-electron chi connectivity index (χ4n) is 2.74. The van der Waals surface area contributed by atoms with Crippen LogP contribution in [0, 0.1) is 5.82 Å². The molecule has 1 amide bonds. The van der Waals surface area contributed by atoms with E-state index in [1.165, 1.54) is 6.07 Å². The topological polar surface area (TPSA) is 57.3 Å². The van der Waals surface area contributed by atoms with E-state index in [0.29, 0.717) is 29.9 Å². The molecule has 0 saturated heterocycles. The summed E-state index contributed by atoms with van der Waals surface area (Å²) in [5.74, 6) is 0.108. The molecule has 3 aromatic rings. The van der Waals surface area contributed by atoms with Crippen LogP contribution in [0.5, 0.6) is 0 Å². The van der Waals surface area contributed by atoms with E-state index < -0.39 is 0 Å². The molecular weight excluding hydrogens is 355 g/mol. The molecule has 0 spiro atoms. The number of anilines is 3. The minimum absolute atomic E-state index is 0.218. The summed E-state index contributed by atoms with van der Waals surface area (Å²) in [6.45, 7) is 0.358. The van der Waals surface area contributed by atoms with Crippen molar-refractivity contribution in [3.63, 3.8) is 0 Å². The summed E-state index contributed by atoms with van der Waals surface area (Å²) in [6.07, 6.45) is 2.02. The molecule has 28 heavy (non-hydrogen) atoms. The maximum atomic E-state index is 13.6. The molecule has 0 radical (unpaired) electrons. The Bertz CT molecular complexity index is 941. The molecule has 0 aliphatic heterocycles. The molecule has 2 N–H and O–H groups in total. The molecule has 0 fully saturated rings. The second-order valence-electron chi connectivity index (χ2n) is 6.59. The average molecular weight is 378 g/mol. The van der Waals surface area contributed by atoms with Gasteiger partial charge in [0.15, 0.2) is 0 Å². The molecule has 144 valence electrons. The third-order valence-corrected chi connectivity index (χ3v) is 4.32. The van der Waals surface area contributed by atoms with E-state index in [2.05, 4.69) is 15.6 Å². The lowest BCUT2D eigenvalue weighted by Crippen LogP contribution is -2.26. The molecule has 0 atom stereocenters. The predicted octanol–water partition coefficient (Wildman–Crippen LogP) is 4.00. The first-order chi connectivity index (χ1) is 13.5. The highest BCUT2D eigenvalue weighted by Crippen LogP contribution is 2.19. The van der Waals surface area contributed by atoms with Crippen molar-refractivity contribution in [2.45, 2.75) is 6.42 Å². The van der Waals surface area contributed by atoms with Gasteiger partial charge in [-0.3, -0.25) is 4.79 Å². The highest BCUT2D eigenvalue weighted by molar-refractivity contribution is 5.94. The maximum Gasteiger partial charge on any atom is 0.251 e. The molecule has 5 nitrogen and oxygen atoms in total. The first-order valence-electron chi connectivity index (χ1n) is 9.05. The van der Waals surface area contributed by atoms with Gasteiger partial charge in [0.05, 0.1) is 0 Å². The molecule has 3 rings (SSSR count). The Balaban J connectivity index is 1.59. The van der Waals surface area contributed by atoms with Crippen LogP contribution in [0.2, 0.25) is 0 Å². The van der Waals surface area contributed by atoms with Crippen LogP contribution in [0.1, 0.15) is 15.9 Å². The first kappa shape index (κ1) is 19.4. The van der Waals surface area contributed by atoms with Crippen molar-refractivity contribution in [2.75, 3.05) is 30.9 Å². The fraction of sp³-hybridized carbons (Fsp3) is 0.182. The van der Waals surface area contributed by atoms with Crippen LogP contribution in [0.4, 0.5) is 21.6 Å². The predicted molar refractivity (Wildman–Crippen MR) is 111 cm³/mol. The zero-order valence-electron chi connectivity index (χ0n) is 15.9. The van der Waals surface area contributed by atoms with E-state index in [1.807, 2.05) is 43.3 Å². The SMILES string of the molecule is CN(C)c1ccc(Nc2cc(C(=O)NCCc3ccccc3F)ccn2)cc1. The minimum atomic E-state index is -0.257. The highest BCUT2D eigenvalue weighted by atomic mass is 19.1. The summed E-state index contributed by atoms with van der Waals surface area (Å²) in [7, 11) is 3.97. The van der Waals surface area contributed by atoms with Crippen LogP contribution < -0.4 is 15.5 Å². The second-order valence-corrected chi connectivity index (χ2v) is 6.59. The lowest BCUT2D eigenvalue weighted by atomic mass is 10.1. The van der Waals surface area contributed by atoms with Gasteiger partial charge in [-0.05, 0) is 54.4 Å². The Kier molecular flexibility index (Phi) is 6.22. The molecule has 2 aromatic carbocycles. The van der Waals surface area contributed by atoms with Gasteiger partial charge in [-0.1, -0.05) is 18.2 Å². The van der Waals surface area contributed by atoms with E-state index in [0.717, 1.165) is 11.4 Å². The largest absolute Gasteiger partial charge is 0.378 e. The van der Waals surface area contributed by atoms with Crippen molar-refractivity contribution in [3.8, 4) is 0 Å². The summed E-state index contributed by atoms with van der Waals surface area (Å²) >= 11 is 0. The molecule has 0 aliphatic rings. The fourth-order valence-corrected chi connectivity index (χ4v) is 2.74. The number of hydrogen-bond acceptors (Lipinski definition) is 4. The number of aromatic nitrogens is 1. The van der Waals surface area contributed by atoms with Crippen LogP contribution in [-0.2, 0) is 6.42 Å².